The topological polar surface area (TPSA) is 77.1 Å². The van der Waals surface area contributed by atoms with E-state index in [1.165, 1.54) is 0 Å². The minimum Gasteiger partial charge on any atom is -0.467 e. The van der Waals surface area contributed by atoms with Crippen molar-refractivity contribution in [3.05, 3.63) is 77.9 Å². The molecule has 1 N–H and O–H groups in total. The van der Waals surface area contributed by atoms with Crippen molar-refractivity contribution >= 4 is 23.0 Å². The molecule has 0 aliphatic carbocycles. The number of hydrogen-bond donors (Lipinski definition) is 1. The predicted octanol–water partition coefficient (Wildman–Crippen LogP) is 5.59. The van der Waals surface area contributed by atoms with E-state index in [9.17, 15) is 9.59 Å². The van der Waals surface area contributed by atoms with Gasteiger partial charge in [0.15, 0.2) is 0 Å². The SMILES string of the molecule is CC(C)OC(=O)NN(C(=O)OC(C)C)[C@H]1Oc2ccc3ccccc3c2[C@@H]1c1ccccc1. The second kappa shape index (κ2) is 9.40. The van der Waals surface area contributed by atoms with Gasteiger partial charge in [0.05, 0.1) is 18.1 Å². The second-order valence-corrected chi connectivity index (χ2v) is 8.46. The van der Waals surface area contributed by atoms with Crippen LogP contribution in [0, 0.1) is 0 Å². The maximum absolute atomic E-state index is 13.1. The molecule has 33 heavy (non-hydrogen) atoms. The molecule has 0 radical (unpaired) electrons. The molecule has 7 heteroatoms. The molecule has 1 heterocycles. The number of hydrogen-bond acceptors (Lipinski definition) is 5. The average molecular weight is 449 g/mol. The fraction of sp³-hybridized carbons (Fsp3) is 0.308. The average Bonchev–Trinajstić information content (AvgIpc) is 3.17. The van der Waals surface area contributed by atoms with Gasteiger partial charge in [0.2, 0.25) is 6.23 Å². The van der Waals surface area contributed by atoms with Crippen LogP contribution in [0.1, 0.15) is 44.7 Å². The van der Waals surface area contributed by atoms with Crippen LogP contribution in [0.4, 0.5) is 9.59 Å². The molecule has 0 spiro atoms. The highest BCUT2D eigenvalue weighted by atomic mass is 16.6. The first-order valence-electron chi connectivity index (χ1n) is 11.1. The van der Waals surface area contributed by atoms with Gasteiger partial charge in [-0.3, -0.25) is 0 Å². The maximum atomic E-state index is 13.1. The largest absolute Gasteiger partial charge is 0.467 e. The number of ether oxygens (including phenoxy) is 3. The molecule has 0 aromatic heterocycles. The fourth-order valence-corrected chi connectivity index (χ4v) is 4.04. The van der Waals surface area contributed by atoms with Gasteiger partial charge in [0.1, 0.15) is 5.75 Å². The van der Waals surface area contributed by atoms with E-state index in [4.69, 9.17) is 14.2 Å². The van der Waals surface area contributed by atoms with Crippen LogP contribution in [0.2, 0.25) is 0 Å². The smallest absolute Gasteiger partial charge is 0.432 e. The molecule has 2 amide bonds. The van der Waals surface area contributed by atoms with E-state index >= 15 is 0 Å². The van der Waals surface area contributed by atoms with Crippen molar-refractivity contribution in [3.63, 3.8) is 0 Å². The minimum absolute atomic E-state index is 0.358. The molecule has 1 aliphatic rings. The molecule has 4 rings (SSSR count). The van der Waals surface area contributed by atoms with Crippen LogP contribution in [0.25, 0.3) is 10.8 Å². The lowest BCUT2D eigenvalue weighted by Gasteiger charge is -2.31. The summed E-state index contributed by atoms with van der Waals surface area (Å²) in [5, 5.41) is 3.18. The Morgan fingerprint density at radius 1 is 0.879 bits per heavy atom. The van der Waals surface area contributed by atoms with Gasteiger partial charge >= 0.3 is 12.2 Å². The zero-order valence-electron chi connectivity index (χ0n) is 19.1. The Morgan fingerprint density at radius 3 is 2.24 bits per heavy atom. The number of benzene rings is 3. The highest BCUT2D eigenvalue weighted by Gasteiger charge is 2.44. The van der Waals surface area contributed by atoms with E-state index in [-0.39, 0.29) is 18.1 Å². The number of nitrogens with one attached hydrogen (secondary N) is 1. The van der Waals surface area contributed by atoms with Crippen molar-refractivity contribution in [1.82, 2.24) is 10.4 Å². The molecule has 2 atom stereocenters. The van der Waals surface area contributed by atoms with Crippen LogP contribution in [-0.2, 0) is 9.47 Å². The molecule has 0 unspecified atom stereocenters. The molecule has 0 bridgehead atoms. The Morgan fingerprint density at radius 2 is 1.55 bits per heavy atom. The standard InChI is InChI=1S/C26H28N2O5/c1-16(2)31-25(29)27-28(26(30)32-17(3)4)24-22(19-11-6-5-7-12-19)23-20-13-9-8-10-18(20)14-15-21(23)33-24/h5-17,22,24H,1-4H3,(H,27,29)/t22-,24-/m0/s1. The predicted molar refractivity (Wildman–Crippen MR) is 125 cm³/mol. The summed E-state index contributed by atoms with van der Waals surface area (Å²) in [6.45, 7) is 6.96. The monoisotopic (exact) mass is 448 g/mol. The second-order valence-electron chi connectivity index (χ2n) is 8.46. The van der Waals surface area contributed by atoms with E-state index in [2.05, 4.69) is 5.43 Å². The number of hydrazine groups is 1. The normalized spacial score (nSPS) is 16.9. The summed E-state index contributed by atoms with van der Waals surface area (Å²) in [6.07, 6.45) is -3.11. The number of nitrogens with zero attached hydrogens (tertiary/aromatic N) is 1. The van der Waals surface area contributed by atoms with Gasteiger partial charge in [-0.15, -0.1) is 0 Å². The molecule has 172 valence electrons. The van der Waals surface area contributed by atoms with Crippen LogP contribution in [0.15, 0.2) is 66.7 Å². The molecule has 0 fully saturated rings. The summed E-state index contributed by atoms with van der Waals surface area (Å²) in [6, 6.07) is 21.7. The van der Waals surface area contributed by atoms with Crippen molar-refractivity contribution in [3.8, 4) is 5.75 Å². The van der Waals surface area contributed by atoms with Gasteiger partial charge in [0.25, 0.3) is 0 Å². The Bertz CT molecular complexity index is 1150. The highest BCUT2D eigenvalue weighted by Crippen LogP contribution is 2.46. The van der Waals surface area contributed by atoms with Crippen LogP contribution in [-0.4, -0.2) is 35.6 Å². The Balaban J connectivity index is 1.82. The number of amides is 2. The van der Waals surface area contributed by atoms with E-state index in [1.807, 2.05) is 66.7 Å². The van der Waals surface area contributed by atoms with Crippen LogP contribution < -0.4 is 10.2 Å². The van der Waals surface area contributed by atoms with Crippen molar-refractivity contribution in [2.75, 3.05) is 0 Å². The zero-order chi connectivity index (χ0) is 23.5. The first-order valence-corrected chi connectivity index (χ1v) is 11.1. The Kier molecular flexibility index (Phi) is 6.40. The van der Waals surface area contributed by atoms with Gasteiger partial charge in [0, 0.05) is 5.56 Å². The van der Waals surface area contributed by atoms with Crippen molar-refractivity contribution in [2.24, 2.45) is 0 Å². The molecule has 0 saturated carbocycles. The number of rotatable bonds is 4. The molecule has 3 aromatic rings. The minimum atomic E-state index is -0.876. The van der Waals surface area contributed by atoms with E-state index in [0.717, 1.165) is 26.9 Å². The number of fused-ring (bicyclic) bond motifs is 3. The highest BCUT2D eigenvalue weighted by molar-refractivity contribution is 5.89. The molecular formula is C26H28N2O5. The van der Waals surface area contributed by atoms with E-state index < -0.39 is 18.4 Å². The summed E-state index contributed by atoms with van der Waals surface area (Å²) < 4.78 is 17.0. The lowest BCUT2D eigenvalue weighted by molar-refractivity contribution is -0.0212. The first kappa shape index (κ1) is 22.5. The van der Waals surface area contributed by atoms with Gasteiger partial charge in [-0.2, -0.15) is 5.01 Å². The van der Waals surface area contributed by atoms with Crippen LogP contribution >= 0.6 is 0 Å². The van der Waals surface area contributed by atoms with Crippen LogP contribution in [0.5, 0.6) is 5.75 Å². The summed E-state index contributed by atoms with van der Waals surface area (Å²) >= 11 is 0. The van der Waals surface area contributed by atoms with Gasteiger partial charge in [-0.05, 0) is 50.1 Å². The van der Waals surface area contributed by atoms with Crippen LogP contribution in [0.3, 0.4) is 0 Å². The Labute approximate surface area is 193 Å². The third-order valence-electron chi connectivity index (χ3n) is 5.28. The molecular weight excluding hydrogens is 420 g/mol. The van der Waals surface area contributed by atoms with Gasteiger partial charge < -0.3 is 14.2 Å². The third-order valence-corrected chi connectivity index (χ3v) is 5.28. The molecule has 0 saturated heterocycles. The third kappa shape index (κ3) is 4.72. The van der Waals surface area contributed by atoms with Crippen molar-refractivity contribution < 1.29 is 23.8 Å². The molecule has 3 aromatic carbocycles. The van der Waals surface area contributed by atoms with E-state index in [0.29, 0.717) is 5.75 Å². The van der Waals surface area contributed by atoms with Gasteiger partial charge in [-0.25, -0.2) is 15.0 Å². The Hall–Kier alpha value is -3.74. The van der Waals surface area contributed by atoms with E-state index in [1.54, 1.807) is 27.7 Å². The van der Waals surface area contributed by atoms with Crippen molar-refractivity contribution in [1.29, 1.82) is 0 Å². The lowest BCUT2D eigenvalue weighted by atomic mass is 9.87. The zero-order valence-corrected chi connectivity index (χ0v) is 19.1. The quantitative estimate of drug-likeness (QED) is 0.527. The molecule has 7 nitrogen and oxygen atoms in total. The number of carbonyl (C=O) groups is 2. The summed E-state index contributed by atoms with van der Waals surface area (Å²) in [4.78, 5) is 25.6. The lowest BCUT2D eigenvalue weighted by Crippen LogP contribution is -2.55. The number of carbonyl (C=O) groups excluding carboxylic acids is 2. The fourth-order valence-electron chi connectivity index (χ4n) is 4.04. The summed E-state index contributed by atoms with van der Waals surface area (Å²) in [5.74, 6) is 0.278. The first-order chi connectivity index (χ1) is 15.8. The summed E-state index contributed by atoms with van der Waals surface area (Å²) in [5.41, 5.74) is 4.44. The molecule has 1 aliphatic heterocycles. The summed E-state index contributed by atoms with van der Waals surface area (Å²) in [7, 11) is 0. The van der Waals surface area contributed by atoms with Crippen molar-refractivity contribution in [2.45, 2.75) is 52.0 Å². The maximum Gasteiger partial charge on any atom is 0.432 e. The van der Waals surface area contributed by atoms with Gasteiger partial charge in [-0.1, -0.05) is 60.7 Å².